The molecule has 0 radical (unpaired) electrons. The molecule has 3 aromatic heterocycles. The van der Waals surface area contributed by atoms with Crippen molar-refractivity contribution in [2.45, 2.75) is 0 Å². The van der Waals surface area contributed by atoms with Crippen LogP contribution in [0.2, 0.25) is 0 Å². The molecular weight excluding hydrogens is 261 g/mol. The minimum atomic E-state index is -0.252. The molecule has 1 aromatic carbocycles. The van der Waals surface area contributed by atoms with E-state index in [4.69, 9.17) is 0 Å². The number of thiophene rings is 1. The minimum Gasteiger partial charge on any atom is -0.343 e. The normalized spacial score (nSPS) is 11.4. The molecule has 3 heterocycles. The number of aromatic nitrogens is 3. The van der Waals surface area contributed by atoms with Gasteiger partial charge in [0.05, 0.1) is 29.1 Å². The van der Waals surface area contributed by atoms with E-state index in [0.29, 0.717) is 11.1 Å². The number of fused-ring (bicyclic) bond motifs is 3. The predicted molar refractivity (Wildman–Crippen MR) is 74.7 cm³/mol. The zero-order chi connectivity index (χ0) is 12.8. The molecule has 0 saturated carbocycles. The fourth-order valence-electron chi connectivity index (χ4n) is 2.23. The number of aromatic amines is 1. The summed E-state index contributed by atoms with van der Waals surface area (Å²) < 4.78 is 14.1. The second-order valence-electron chi connectivity index (χ2n) is 4.25. The molecule has 0 bridgehead atoms. The van der Waals surface area contributed by atoms with E-state index in [9.17, 15) is 4.39 Å². The van der Waals surface area contributed by atoms with Gasteiger partial charge in [0, 0.05) is 21.9 Å². The van der Waals surface area contributed by atoms with Gasteiger partial charge in [-0.3, -0.25) is 4.98 Å². The van der Waals surface area contributed by atoms with Gasteiger partial charge >= 0.3 is 0 Å². The highest BCUT2D eigenvalue weighted by Crippen LogP contribution is 2.32. The highest BCUT2D eigenvalue weighted by atomic mass is 32.1. The number of hydrogen-bond donors (Lipinski definition) is 1. The van der Waals surface area contributed by atoms with Crippen LogP contribution in [-0.4, -0.2) is 15.0 Å². The Morgan fingerprint density at radius 3 is 3.00 bits per heavy atom. The third-order valence-electron chi connectivity index (χ3n) is 3.13. The van der Waals surface area contributed by atoms with Gasteiger partial charge < -0.3 is 4.98 Å². The van der Waals surface area contributed by atoms with E-state index in [1.807, 2.05) is 23.6 Å². The van der Waals surface area contributed by atoms with Gasteiger partial charge in [0.2, 0.25) is 0 Å². The summed E-state index contributed by atoms with van der Waals surface area (Å²) in [5.74, 6) is -0.252. The van der Waals surface area contributed by atoms with Crippen molar-refractivity contribution < 1.29 is 4.39 Å². The highest BCUT2D eigenvalue weighted by Gasteiger charge is 2.11. The summed E-state index contributed by atoms with van der Waals surface area (Å²) in [6.07, 6.45) is 3.30. The second kappa shape index (κ2) is 3.86. The average Bonchev–Trinajstić information content (AvgIpc) is 3.08. The van der Waals surface area contributed by atoms with Crippen LogP contribution in [0.5, 0.6) is 0 Å². The number of benzene rings is 1. The number of H-pyrrole nitrogens is 1. The molecule has 0 spiro atoms. The maximum Gasteiger partial charge on any atom is 0.134 e. The third-order valence-corrected chi connectivity index (χ3v) is 4.03. The zero-order valence-electron chi connectivity index (χ0n) is 9.72. The van der Waals surface area contributed by atoms with Crippen LogP contribution >= 0.6 is 11.3 Å². The van der Waals surface area contributed by atoms with Gasteiger partial charge in [-0.15, -0.1) is 11.3 Å². The van der Waals surface area contributed by atoms with Gasteiger partial charge in [-0.2, -0.15) is 0 Å². The third kappa shape index (κ3) is 1.55. The van der Waals surface area contributed by atoms with Crippen molar-refractivity contribution in [1.82, 2.24) is 15.0 Å². The number of rotatable bonds is 1. The number of hydrogen-bond acceptors (Lipinski definition) is 3. The van der Waals surface area contributed by atoms with Gasteiger partial charge in [0.1, 0.15) is 5.82 Å². The first-order chi connectivity index (χ1) is 9.33. The highest BCUT2D eigenvalue weighted by molar-refractivity contribution is 7.13. The topological polar surface area (TPSA) is 41.6 Å². The van der Waals surface area contributed by atoms with Crippen molar-refractivity contribution in [2.24, 2.45) is 0 Å². The number of nitrogens with zero attached hydrogens (tertiary/aromatic N) is 2. The first-order valence-corrected chi connectivity index (χ1v) is 6.66. The number of imidazole rings is 1. The van der Waals surface area contributed by atoms with Crippen LogP contribution in [0.25, 0.3) is 32.4 Å². The average molecular weight is 269 g/mol. The Balaban J connectivity index is 2.13. The number of nitrogens with one attached hydrogen (secondary N) is 1. The SMILES string of the molecule is Fc1cc2ncc3[nH]cnc3c2cc1-c1cccs1. The molecule has 0 aliphatic rings. The Labute approximate surface area is 111 Å². The lowest BCUT2D eigenvalue weighted by Gasteiger charge is -2.04. The fourth-order valence-corrected chi connectivity index (χ4v) is 2.98. The van der Waals surface area contributed by atoms with E-state index in [2.05, 4.69) is 15.0 Å². The van der Waals surface area contributed by atoms with Crippen LogP contribution in [0.1, 0.15) is 0 Å². The van der Waals surface area contributed by atoms with Crippen molar-refractivity contribution in [1.29, 1.82) is 0 Å². The number of halogens is 1. The molecule has 0 aliphatic carbocycles. The van der Waals surface area contributed by atoms with Gasteiger partial charge in [0.15, 0.2) is 0 Å². The Bertz CT molecular complexity index is 880. The molecule has 1 N–H and O–H groups in total. The Hall–Kier alpha value is -2.27. The summed E-state index contributed by atoms with van der Waals surface area (Å²) in [6.45, 7) is 0. The summed E-state index contributed by atoms with van der Waals surface area (Å²) in [6, 6.07) is 7.12. The van der Waals surface area contributed by atoms with E-state index in [1.54, 1.807) is 12.5 Å². The van der Waals surface area contributed by atoms with Crippen molar-refractivity contribution in [3.63, 3.8) is 0 Å². The molecule has 5 heteroatoms. The zero-order valence-corrected chi connectivity index (χ0v) is 10.5. The van der Waals surface area contributed by atoms with Crippen LogP contribution < -0.4 is 0 Å². The molecule has 0 amide bonds. The van der Waals surface area contributed by atoms with Crippen LogP contribution in [0.15, 0.2) is 42.2 Å². The van der Waals surface area contributed by atoms with Crippen LogP contribution in [0, 0.1) is 5.82 Å². The smallest absolute Gasteiger partial charge is 0.134 e. The molecular formula is C14H8FN3S. The van der Waals surface area contributed by atoms with Crippen LogP contribution in [0.3, 0.4) is 0 Å². The lowest BCUT2D eigenvalue weighted by atomic mass is 10.1. The number of pyridine rings is 1. The molecule has 0 atom stereocenters. The molecule has 4 aromatic rings. The van der Waals surface area contributed by atoms with E-state index in [-0.39, 0.29) is 5.82 Å². The van der Waals surface area contributed by atoms with E-state index in [1.165, 1.54) is 17.4 Å². The fraction of sp³-hybridized carbons (Fsp3) is 0. The maximum atomic E-state index is 14.1. The minimum absolute atomic E-state index is 0.252. The molecule has 0 saturated heterocycles. The summed E-state index contributed by atoms with van der Waals surface area (Å²) in [5, 5.41) is 2.80. The largest absolute Gasteiger partial charge is 0.343 e. The maximum absolute atomic E-state index is 14.1. The molecule has 3 nitrogen and oxygen atoms in total. The predicted octanol–water partition coefficient (Wildman–Crippen LogP) is 3.98. The second-order valence-corrected chi connectivity index (χ2v) is 5.20. The van der Waals surface area contributed by atoms with Gasteiger partial charge in [-0.25, -0.2) is 9.37 Å². The Morgan fingerprint density at radius 2 is 2.16 bits per heavy atom. The lowest BCUT2D eigenvalue weighted by Crippen LogP contribution is -1.87. The van der Waals surface area contributed by atoms with Gasteiger partial charge in [-0.05, 0) is 17.5 Å². The quantitative estimate of drug-likeness (QED) is 0.568. The van der Waals surface area contributed by atoms with E-state index < -0.39 is 0 Å². The summed E-state index contributed by atoms with van der Waals surface area (Å²) >= 11 is 1.52. The summed E-state index contributed by atoms with van der Waals surface area (Å²) in [4.78, 5) is 12.5. The van der Waals surface area contributed by atoms with Crippen molar-refractivity contribution in [3.8, 4) is 10.4 Å². The van der Waals surface area contributed by atoms with Crippen molar-refractivity contribution >= 4 is 33.3 Å². The molecule has 19 heavy (non-hydrogen) atoms. The van der Waals surface area contributed by atoms with Crippen LogP contribution in [0.4, 0.5) is 4.39 Å². The summed E-state index contributed by atoms with van der Waals surface area (Å²) in [5.41, 5.74) is 2.90. The lowest BCUT2D eigenvalue weighted by molar-refractivity contribution is 0.633. The van der Waals surface area contributed by atoms with E-state index >= 15 is 0 Å². The molecule has 0 unspecified atom stereocenters. The first-order valence-electron chi connectivity index (χ1n) is 5.78. The van der Waals surface area contributed by atoms with Gasteiger partial charge in [-0.1, -0.05) is 6.07 Å². The molecule has 0 fully saturated rings. The standard InChI is InChI=1S/C14H8FN3S/c15-10-5-11-9(4-8(10)13-2-1-3-19-13)14-12(6-16-11)17-7-18-14/h1-7H,(H,17,18). The van der Waals surface area contributed by atoms with Crippen molar-refractivity contribution in [3.05, 3.63) is 48.0 Å². The first kappa shape index (κ1) is 10.6. The molecule has 4 rings (SSSR count). The Kier molecular flexibility index (Phi) is 2.16. The summed E-state index contributed by atoms with van der Waals surface area (Å²) in [7, 11) is 0. The van der Waals surface area contributed by atoms with Crippen molar-refractivity contribution in [2.75, 3.05) is 0 Å². The molecule has 0 aliphatic heterocycles. The monoisotopic (exact) mass is 269 g/mol. The van der Waals surface area contributed by atoms with Crippen LogP contribution in [-0.2, 0) is 0 Å². The van der Waals surface area contributed by atoms with Gasteiger partial charge in [0.25, 0.3) is 0 Å². The van der Waals surface area contributed by atoms with E-state index in [0.717, 1.165) is 21.3 Å². The Morgan fingerprint density at radius 1 is 1.21 bits per heavy atom. The molecule has 92 valence electrons.